The summed E-state index contributed by atoms with van der Waals surface area (Å²) < 4.78 is 12.2. The van der Waals surface area contributed by atoms with Crippen LogP contribution in [0, 0.1) is 0 Å². The molecule has 0 saturated heterocycles. The predicted molar refractivity (Wildman–Crippen MR) is 115 cm³/mol. The zero-order valence-corrected chi connectivity index (χ0v) is 17.8. The number of esters is 1. The first kappa shape index (κ1) is 20.6. The minimum Gasteiger partial charge on any atom is -0.497 e. The third kappa shape index (κ3) is 4.65. The SMILES string of the molecule is COC(=O)Cc1[nH]n(-c2ccc(OC)cc2)c(=O)c1C(C)=Nc1cccc(Br)c1. The van der Waals surface area contributed by atoms with Crippen LogP contribution in [0.15, 0.2) is 62.8 Å². The number of ether oxygens (including phenoxy) is 2. The van der Waals surface area contributed by atoms with Crippen molar-refractivity contribution in [3.8, 4) is 11.4 Å². The molecule has 0 radical (unpaired) electrons. The molecule has 1 heterocycles. The van der Waals surface area contributed by atoms with Gasteiger partial charge in [0.2, 0.25) is 0 Å². The second kappa shape index (κ2) is 8.91. The van der Waals surface area contributed by atoms with E-state index in [1.54, 1.807) is 38.3 Å². The van der Waals surface area contributed by atoms with Crippen LogP contribution < -0.4 is 10.3 Å². The number of hydrogen-bond donors (Lipinski definition) is 1. The molecular formula is C21H20BrN3O4. The van der Waals surface area contributed by atoms with Crippen molar-refractivity contribution < 1.29 is 14.3 Å². The number of carbonyl (C=O) groups is 1. The second-order valence-electron chi connectivity index (χ2n) is 6.23. The minimum absolute atomic E-state index is 0.0738. The molecule has 0 saturated carbocycles. The van der Waals surface area contributed by atoms with Gasteiger partial charge in [0.25, 0.3) is 5.56 Å². The molecule has 1 aromatic heterocycles. The predicted octanol–water partition coefficient (Wildman–Crippen LogP) is 3.79. The molecule has 1 N–H and O–H groups in total. The Morgan fingerprint density at radius 3 is 2.52 bits per heavy atom. The van der Waals surface area contributed by atoms with Gasteiger partial charge in [0.05, 0.1) is 49.0 Å². The lowest BCUT2D eigenvalue weighted by Crippen LogP contribution is -2.20. The van der Waals surface area contributed by atoms with E-state index in [9.17, 15) is 9.59 Å². The van der Waals surface area contributed by atoms with Gasteiger partial charge in [-0.25, -0.2) is 4.68 Å². The average molecular weight is 458 g/mol. The Morgan fingerprint density at radius 2 is 1.90 bits per heavy atom. The highest BCUT2D eigenvalue weighted by Crippen LogP contribution is 2.20. The van der Waals surface area contributed by atoms with Crippen LogP contribution in [0.2, 0.25) is 0 Å². The minimum atomic E-state index is -0.454. The second-order valence-corrected chi connectivity index (χ2v) is 7.15. The van der Waals surface area contributed by atoms with Crippen molar-refractivity contribution in [2.24, 2.45) is 4.99 Å². The quantitative estimate of drug-likeness (QED) is 0.450. The van der Waals surface area contributed by atoms with Gasteiger partial charge in [-0.2, -0.15) is 0 Å². The molecule has 0 spiro atoms. The average Bonchev–Trinajstić information content (AvgIpc) is 3.03. The smallest absolute Gasteiger partial charge is 0.311 e. The fourth-order valence-electron chi connectivity index (χ4n) is 2.91. The number of methoxy groups -OCH3 is 2. The Morgan fingerprint density at radius 1 is 1.17 bits per heavy atom. The van der Waals surface area contributed by atoms with Crippen LogP contribution in [0.4, 0.5) is 5.69 Å². The van der Waals surface area contributed by atoms with Crippen LogP contribution in [0.3, 0.4) is 0 Å². The molecule has 0 bridgehead atoms. The molecule has 3 rings (SSSR count). The first-order valence-electron chi connectivity index (χ1n) is 8.79. The van der Waals surface area contributed by atoms with Gasteiger partial charge >= 0.3 is 5.97 Å². The van der Waals surface area contributed by atoms with Gasteiger partial charge in [-0.3, -0.25) is 19.7 Å². The molecule has 0 atom stereocenters. The summed E-state index contributed by atoms with van der Waals surface area (Å²) in [4.78, 5) is 29.6. The number of aromatic amines is 1. The Labute approximate surface area is 176 Å². The third-order valence-corrected chi connectivity index (χ3v) is 4.80. The van der Waals surface area contributed by atoms with Gasteiger partial charge in [0.15, 0.2) is 0 Å². The molecule has 0 aliphatic rings. The van der Waals surface area contributed by atoms with Crippen LogP contribution in [0.5, 0.6) is 5.75 Å². The summed E-state index contributed by atoms with van der Waals surface area (Å²) in [6.07, 6.45) is -0.0738. The van der Waals surface area contributed by atoms with E-state index in [1.165, 1.54) is 11.8 Å². The molecule has 0 amide bonds. The summed E-state index contributed by atoms with van der Waals surface area (Å²) in [5.41, 5.74) is 2.28. The first-order chi connectivity index (χ1) is 13.9. The van der Waals surface area contributed by atoms with Crippen molar-refractivity contribution in [2.45, 2.75) is 13.3 Å². The van der Waals surface area contributed by atoms with Crippen molar-refractivity contribution in [1.29, 1.82) is 0 Å². The largest absolute Gasteiger partial charge is 0.497 e. The molecule has 7 nitrogen and oxygen atoms in total. The molecular weight excluding hydrogens is 438 g/mol. The fourth-order valence-corrected chi connectivity index (χ4v) is 3.30. The highest BCUT2D eigenvalue weighted by atomic mass is 79.9. The zero-order chi connectivity index (χ0) is 21.0. The van der Waals surface area contributed by atoms with Crippen LogP contribution in [-0.4, -0.2) is 35.7 Å². The number of aromatic nitrogens is 2. The van der Waals surface area contributed by atoms with Gasteiger partial charge in [-0.15, -0.1) is 0 Å². The molecule has 0 aliphatic carbocycles. The number of halogens is 1. The number of H-pyrrole nitrogens is 1. The number of nitrogens with one attached hydrogen (secondary N) is 1. The van der Waals surface area contributed by atoms with E-state index in [1.807, 2.05) is 24.3 Å². The van der Waals surface area contributed by atoms with Gasteiger partial charge in [-0.1, -0.05) is 22.0 Å². The van der Waals surface area contributed by atoms with E-state index >= 15 is 0 Å². The van der Waals surface area contributed by atoms with Crippen molar-refractivity contribution in [3.05, 3.63) is 74.6 Å². The van der Waals surface area contributed by atoms with Crippen molar-refractivity contribution in [2.75, 3.05) is 14.2 Å². The number of benzene rings is 2. The van der Waals surface area contributed by atoms with Crippen molar-refractivity contribution in [1.82, 2.24) is 9.78 Å². The first-order valence-corrected chi connectivity index (χ1v) is 9.58. The number of rotatable bonds is 6. The lowest BCUT2D eigenvalue weighted by atomic mass is 10.1. The zero-order valence-electron chi connectivity index (χ0n) is 16.2. The van der Waals surface area contributed by atoms with E-state index in [2.05, 4.69) is 26.0 Å². The highest BCUT2D eigenvalue weighted by molar-refractivity contribution is 9.10. The normalized spacial score (nSPS) is 11.4. The lowest BCUT2D eigenvalue weighted by molar-refractivity contribution is -0.139. The number of carbonyl (C=O) groups excluding carboxylic acids is 1. The van der Waals surface area contributed by atoms with Crippen LogP contribution >= 0.6 is 15.9 Å². The Bertz CT molecular complexity index is 1110. The summed E-state index contributed by atoms with van der Waals surface area (Å²) in [6, 6.07) is 14.4. The number of aliphatic imine (C=N–C) groups is 1. The van der Waals surface area contributed by atoms with Gasteiger partial charge in [0, 0.05) is 4.47 Å². The van der Waals surface area contributed by atoms with E-state index in [0.29, 0.717) is 34.1 Å². The molecule has 29 heavy (non-hydrogen) atoms. The van der Waals surface area contributed by atoms with Crippen molar-refractivity contribution >= 4 is 33.3 Å². The maximum Gasteiger partial charge on any atom is 0.311 e. The van der Waals surface area contributed by atoms with E-state index < -0.39 is 5.97 Å². The van der Waals surface area contributed by atoms with Crippen LogP contribution in [0.25, 0.3) is 5.69 Å². The molecule has 0 unspecified atom stereocenters. The molecule has 3 aromatic rings. The Kier molecular flexibility index (Phi) is 6.33. The maximum absolute atomic E-state index is 13.2. The Hall–Kier alpha value is -3.13. The summed E-state index contributed by atoms with van der Waals surface area (Å²) in [6.45, 7) is 1.74. The van der Waals surface area contributed by atoms with Crippen molar-refractivity contribution in [3.63, 3.8) is 0 Å². The summed E-state index contributed by atoms with van der Waals surface area (Å²) in [5.74, 6) is 0.223. The van der Waals surface area contributed by atoms with Gasteiger partial charge in [0.1, 0.15) is 5.75 Å². The number of hydrogen-bond acceptors (Lipinski definition) is 5. The Balaban J connectivity index is 2.11. The fraction of sp³-hybridized carbons (Fsp3) is 0.190. The maximum atomic E-state index is 13.2. The van der Waals surface area contributed by atoms with Crippen LogP contribution in [-0.2, 0) is 16.0 Å². The summed E-state index contributed by atoms with van der Waals surface area (Å²) in [5, 5.41) is 3.02. The third-order valence-electron chi connectivity index (χ3n) is 4.31. The molecule has 0 fully saturated rings. The van der Waals surface area contributed by atoms with E-state index in [-0.39, 0.29) is 12.0 Å². The molecule has 150 valence electrons. The lowest BCUT2D eigenvalue weighted by Gasteiger charge is -2.03. The van der Waals surface area contributed by atoms with E-state index in [4.69, 9.17) is 9.47 Å². The molecule has 8 heteroatoms. The molecule has 2 aromatic carbocycles. The summed E-state index contributed by atoms with van der Waals surface area (Å²) >= 11 is 3.41. The summed E-state index contributed by atoms with van der Waals surface area (Å²) in [7, 11) is 2.88. The van der Waals surface area contributed by atoms with Gasteiger partial charge < -0.3 is 9.47 Å². The van der Waals surface area contributed by atoms with E-state index in [0.717, 1.165) is 4.47 Å². The van der Waals surface area contributed by atoms with Gasteiger partial charge in [-0.05, 0) is 49.4 Å². The highest BCUT2D eigenvalue weighted by Gasteiger charge is 2.20. The monoisotopic (exact) mass is 457 g/mol. The van der Waals surface area contributed by atoms with Crippen LogP contribution in [0.1, 0.15) is 18.2 Å². The number of nitrogens with zero attached hydrogens (tertiary/aromatic N) is 2. The topological polar surface area (TPSA) is 85.7 Å². The standard InChI is InChI=1S/C21H20BrN3O4/c1-13(23-15-6-4-5-14(22)11-15)20-18(12-19(26)29-3)24-25(21(20)27)16-7-9-17(28-2)10-8-16/h4-11,24H,12H2,1-3H3. The molecule has 0 aliphatic heterocycles.